The van der Waals surface area contributed by atoms with Crippen molar-refractivity contribution in [3.63, 3.8) is 0 Å². The Morgan fingerprint density at radius 1 is 1.31 bits per heavy atom. The molecule has 130 valence electrons. The van der Waals surface area contributed by atoms with Crippen LogP contribution < -0.4 is 5.73 Å². The predicted molar refractivity (Wildman–Crippen MR) is 94.4 cm³/mol. The standard InChI is InChI=1S/C20H15F2N3O/c1-2-10-25-19-12(11-6-7-11)4-3-5-14(19)18(24-25)16-15(21)9-8-13(17(16)22)20(23)26/h1,3-5,8-9,11H,6-7,10H2,(H2,23,26). The highest BCUT2D eigenvalue weighted by Crippen LogP contribution is 2.44. The molecule has 0 atom stereocenters. The van der Waals surface area contributed by atoms with Crippen LogP contribution in [0.1, 0.15) is 34.7 Å². The minimum atomic E-state index is -1.01. The first-order chi connectivity index (χ1) is 12.5. The number of rotatable bonds is 4. The molecule has 4 nitrogen and oxygen atoms in total. The topological polar surface area (TPSA) is 60.9 Å². The number of halogens is 2. The van der Waals surface area contributed by atoms with Crippen LogP contribution in [0, 0.1) is 24.0 Å². The van der Waals surface area contributed by atoms with Crippen molar-refractivity contribution in [3.8, 4) is 23.6 Å². The summed E-state index contributed by atoms with van der Waals surface area (Å²) in [5, 5.41) is 4.99. The summed E-state index contributed by atoms with van der Waals surface area (Å²) < 4.78 is 30.9. The van der Waals surface area contributed by atoms with Crippen LogP contribution in [0.3, 0.4) is 0 Å². The first kappa shape index (κ1) is 16.3. The fourth-order valence-corrected chi connectivity index (χ4v) is 3.33. The summed E-state index contributed by atoms with van der Waals surface area (Å²) in [7, 11) is 0. The molecule has 1 saturated carbocycles. The molecule has 0 aliphatic heterocycles. The summed E-state index contributed by atoms with van der Waals surface area (Å²) in [4.78, 5) is 11.4. The molecule has 1 aliphatic carbocycles. The Hall–Kier alpha value is -3.20. The lowest BCUT2D eigenvalue weighted by Crippen LogP contribution is -2.14. The molecule has 1 aliphatic rings. The van der Waals surface area contributed by atoms with Gasteiger partial charge in [0.25, 0.3) is 5.91 Å². The third-order valence-corrected chi connectivity index (χ3v) is 4.65. The van der Waals surface area contributed by atoms with Crippen LogP contribution in [0.4, 0.5) is 8.78 Å². The largest absolute Gasteiger partial charge is 0.366 e. The van der Waals surface area contributed by atoms with Gasteiger partial charge in [-0.2, -0.15) is 5.10 Å². The lowest BCUT2D eigenvalue weighted by molar-refractivity contribution is 0.0996. The lowest BCUT2D eigenvalue weighted by atomic mass is 10.0. The third kappa shape index (κ3) is 2.44. The number of nitrogens with two attached hydrogens (primary N) is 1. The summed E-state index contributed by atoms with van der Waals surface area (Å²) in [6.45, 7) is 0.180. The molecule has 1 heterocycles. The average molecular weight is 351 g/mol. The zero-order valence-electron chi connectivity index (χ0n) is 13.8. The highest BCUT2D eigenvalue weighted by molar-refractivity contribution is 5.99. The van der Waals surface area contributed by atoms with Crippen LogP contribution in [0.15, 0.2) is 30.3 Å². The molecule has 4 rings (SSSR count). The molecule has 26 heavy (non-hydrogen) atoms. The molecule has 3 aromatic rings. The molecule has 2 aromatic carbocycles. The first-order valence-corrected chi connectivity index (χ1v) is 8.24. The molecule has 0 unspecified atom stereocenters. The Balaban J connectivity index is 2.05. The number of carbonyl (C=O) groups is 1. The number of hydrogen-bond acceptors (Lipinski definition) is 2. The van der Waals surface area contributed by atoms with E-state index in [1.807, 2.05) is 12.1 Å². The SMILES string of the molecule is C#CCn1nc(-c2c(F)ccc(C(N)=O)c2F)c2cccc(C3CC3)c21. The van der Waals surface area contributed by atoms with Crippen LogP contribution >= 0.6 is 0 Å². The highest BCUT2D eigenvalue weighted by Gasteiger charge is 2.29. The summed E-state index contributed by atoms with van der Waals surface area (Å²) in [5.41, 5.74) is 6.43. The molecule has 0 saturated heterocycles. The Morgan fingerprint density at radius 2 is 2.08 bits per heavy atom. The van der Waals surface area contributed by atoms with Gasteiger partial charge in [0.1, 0.15) is 23.9 Å². The number of carbonyl (C=O) groups excluding carboxylic acids is 1. The van der Waals surface area contributed by atoms with Crippen LogP contribution in [-0.4, -0.2) is 15.7 Å². The van der Waals surface area contributed by atoms with E-state index in [1.54, 1.807) is 10.7 Å². The zero-order chi connectivity index (χ0) is 18.4. The van der Waals surface area contributed by atoms with Gasteiger partial charge in [0.15, 0.2) is 0 Å². The second-order valence-electron chi connectivity index (χ2n) is 6.38. The van der Waals surface area contributed by atoms with Crippen LogP contribution in [0.2, 0.25) is 0 Å². The van der Waals surface area contributed by atoms with Crippen molar-refractivity contribution >= 4 is 16.8 Å². The van der Waals surface area contributed by atoms with Crippen LogP contribution in [0.25, 0.3) is 22.2 Å². The van der Waals surface area contributed by atoms with Gasteiger partial charge in [0.05, 0.1) is 16.6 Å². The van der Waals surface area contributed by atoms with E-state index in [0.29, 0.717) is 11.3 Å². The molecule has 1 fully saturated rings. The fourth-order valence-electron chi connectivity index (χ4n) is 3.33. The molecule has 1 aromatic heterocycles. The molecule has 0 radical (unpaired) electrons. The van der Waals surface area contributed by atoms with Crippen LogP contribution in [-0.2, 0) is 6.54 Å². The third-order valence-electron chi connectivity index (χ3n) is 4.65. The molecular formula is C20H15F2N3O. The van der Waals surface area contributed by atoms with E-state index in [-0.39, 0.29) is 23.4 Å². The van der Waals surface area contributed by atoms with E-state index in [2.05, 4.69) is 11.0 Å². The van der Waals surface area contributed by atoms with Gasteiger partial charge in [-0.3, -0.25) is 9.48 Å². The summed E-state index contributed by atoms with van der Waals surface area (Å²) in [5.74, 6) is 0.150. The summed E-state index contributed by atoms with van der Waals surface area (Å²) >= 11 is 0. The monoisotopic (exact) mass is 351 g/mol. The molecule has 6 heteroatoms. The zero-order valence-corrected chi connectivity index (χ0v) is 13.8. The van der Waals surface area contributed by atoms with Crippen molar-refractivity contribution in [2.24, 2.45) is 5.73 Å². The van der Waals surface area contributed by atoms with Crippen molar-refractivity contribution in [3.05, 3.63) is 53.1 Å². The molecular weight excluding hydrogens is 336 g/mol. The minimum absolute atomic E-state index is 0.121. The Labute approximate surface area is 148 Å². The van der Waals surface area contributed by atoms with Crippen molar-refractivity contribution in [2.75, 3.05) is 0 Å². The van der Waals surface area contributed by atoms with E-state index in [1.165, 1.54) is 0 Å². The highest BCUT2D eigenvalue weighted by atomic mass is 19.1. The molecule has 0 spiro atoms. The van der Waals surface area contributed by atoms with Gasteiger partial charge in [-0.15, -0.1) is 6.42 Å². The fraction of sp³-hybridized carbons (Fsp3) is 0.200. The van der Waals surface area contributed by atoms with Gasteiger partial charge in [-0.05, 0) is 36.5 Å². The second-order valence-corrected chi connectivity index (χ2v) is 6.38. The maximum absolute atomic E-state index is 14.8. The maximum Gasteiger partial charge on any atom is 0.251 e. The van der Waals surface area contributed by atoms with Gasteiger partial charge in [0, 0.05) is 5.39 Å². The van der Waals surface area contributed by atoms with Crippen molar-refractivity contribution in [1.29, 1.82) is 0 Å². The number of hydrogen-bond donors (Lipinski definition) is 1. The molecule has 2 N–H and O–H groups in total. The predicted octanol–water partition coefficient (Wildman–Crippen LogP) is 3.59. The van der Waals surface area contributed by atoms with Gasteiger partial charge < -0.3 is 5.73 Å². The summed E-state index contributed by atoms with van der Waals surface area (Å²) in [6, 6.07) is 7.65. The van der Waals surface area contributed by atoms with E-state index in [9.17, 15) is 13.6 Å². The molecule has 1 amide bonds. The van der Waals surface area contributed by atoms with E-state index < -0.39 is 17.5 Å². The first-order valence-electron chi connectivity index (χ1n) is 8.24. The number of terminal acetylenes is 1. The number of fused-ring (bicyclic) bond motifs is 1. The van der Waals surface area contributed by atoms with Crippen molar-refractivity contribution < 1.29 is 13.6 Å². The minimum Gasteiger partial charge on any atom is -0.366 e. The smallest absolute Gasteiger partial charge is 0.251 e. The Morgan fingerprint density at radius 3 is 2.73 bits per heavy atom. The quantitative estimate of drug-likeness (QED) is 0.730. The van der Waals surface area contributed by atoms with E-state index >= 15 is 0 Å². The van der Waals surface area contributed by atoms with Crippen LogP contribution in [0.5, 0.6) is 0 Å². The number of aromatic nitrogens is 2. The maximum atomic E-state index is 14.8. The summed E-state index contributed by atoms with van der Waals surface area (Å²) in [6.07, 6.45) is 7.57. The number of para-hydroxylation sites is 1. The van der Waals surface area contributed by atoms with Crippen molar-refractivity contribution in [2.45, 2.75) is 25.3 Å². The van der Waals surface area contributed by atoms with Gasteiger partial charge in [-0.1, -0.05) is 24.1 Å². The van der Waals surface area contributed by atoms with Gasteiger partial charge in [0.2, 0.25) is 0 Å². The average Bonchev–Trinajstić information content (AvgIpc) is 3.39. The second kappa shape index (κ2) is 5.95. The molecule has 0 bridgehead atoms. The number of benzene rings is 2. The number of nitrogens with zero attached hydrogens (tertiary/aromatic N) is 2. The van der Waals surface area contributed by atoms with E-state index in [0.717, 1.165) is 36.1 Å². The van der Waals surface area contributed by atoms with E-state index in [4.69, 9.17) is 12.2 Å². The van der Waals surface area contributed by atoms with Crippen molar-refractivity contribution in [1.82, 2.24) is 9.78 Å². The number of amides is 1. The Bertz CT molecular complexity index is 1090. The van der Waals surface area contributed by atoms with Gasteiger partial charge >= 0.3 is 0 Å². The normalized spacial score (nSPS) is 13.7. The lowest BCUT2D eigenvalue weighted by Gasteiger charge is -2.06. The van der Waals surface area contributed by atoms with Gasteiger partial charge in [-0.25, -0.2) is 8.78 Å². The Kier molecular flexibility index (Phi) is 3.73. The number of primary amides is 1.